The average molecular weight is 321 g/mol. The molecule has 0 fully saturated rings. The number of rotatable bonds is 5. The van der Waals surface area contributed by atoms with Crippen molar-refractivity contribution in [3.05, 3.63) is 65.2 Å². The summed E-state index contributed by atoms with van der Waals surface area (Å²) in [6.45, 7) is 8.29. The Balaban J connectivity index is 1.75. The molecule has 0 aliphatic rings. The fraction of sp³-hybridized carbons (Fsp3) is 0.316. The van der Waals surface area contributed by atoms with Crippen LogP contribution in [-0.4, -0.2) is 25.8 Å². The van der Waals surface area contributed by atoms with E-state index in [1.54, 1.807) is 12.4 Å². The Labute approximate surface area is 142 Å². The van der Waals surface area contributed by atoms with Gasteiger partial charge in [0.2, 0.25) is 0 Å². The summed E-state index contributed by atoms with van der Waals surface area (Å²) in [6.07, 6.45) is 4.43. The van der Waals surface area contributed by atoms with Crippen molar-refractivity contribution in [1.82, 2.24) is 19.7 Å². The van der Waals surface area contributed by atoms with E-state index in [2.05, 4.69) is 58.5 Å². The van der Waals surface area contributed by atoms with Gasteiger partial charge in [-0.05, 0) is 51.3 Å². The van der Waals surface area contributed by atoms with E-state index in [-0.39, 0.29) is 6.04 Å². The van der Waals surface area contributed by atoms with Crippen LogP contribution >= 0.6 is 0 Å². The zero-order chi connectivity index (χ0) is 17.1. The Hall–Kier alpha value is -2.69. The molecular formula is C19H23N5. The van der Waals surface area contributed by atoms with Gasteiger partial charge in [-0.15, -0.1) is 0 Å². The molecule has 1 aromatic carbocycles. The lowest BCUT2D eigenvalue weighted by Crippen LogP contribution is -2.20. The molecule has 2 heterocycles. The van der Waals surface area contributed by atoms with Gasteiger partial charge in [-0.25, -0.2) is 9.67 Å². The Morgan fingerprint density at radius 3 is 2.62 bits per heavy atom. The molecule has 0 amide bonds. The second-order valence-electron chi connectivity index (χ2n) is 6.28. The van der Waals surface area contributed by atoms with Crippen LogP contribution in [0.2, 0.25) is 0 Å². The molecule has 1 atom stereocenters. The fourth-order valence-electron chi connectivity index (χ4n) is 2.86. The molecule has 124 valence electrons. The molecule has 0 bridgehead atoms. The van der Waals surface area contributed by atoms with Gasteiger partial charge >= 0.3 is 0 Å². The van der Waals surface area contributed by atoms with Gasteiger partial charge in [0.15, 0.2) is 5.82 Å². The molecular weight excluding hydrogens is 298 g/mol. The molecule has 1 N–H and O–H groups in total. The summed E-state index contributed by atoms with van der Waals surface area (Å²) >= 11 is 0. The van der Waals surface area contributed by atoms with Crippen molar-refractivity contribution >= 4 is 5.82 Å². The van der Waals surface area contributed by atoms with Crippen molar-refractivity contribution in [1.29, 1.82) is 0 Å². The van der Waals surface area contributed by atoms with Crippen LogP contribution in [0, 0.1) is 20.8 Å². The van der Waals surface area contributed by atoms with E-state index in [1.165, 1.54) is 11.1 Å². The first-order valence-electron chi connectivity index (χ1n) is 8.19. The van der Waals surface area contributed by atoms with Gasteiger partial charge in [0.1, 0.15) is 5.82 Å². The molecule has 0 spiro atoms. The number of anilines is 1. The van der Waals surface area contributed by atoms with Gasteiger partial charge in [-0.1, -0.05) is 24.3 Å². The number of nitrogens with one attached hydrogen (secondary N) is 1. The highest BCUT2D eigenvalue weighted by atomic mass is 15.3. The number of aromatic nitrogens is 4. The van der Waals surface area contributed by atoms with Crippen LogP contribution in [0.4, 0.5) is 5.82 Å². The van der Waals surface area contributed by atoms with Gasteiger partial charge in [-0.3, -0.25) is 4.98 Å². The maximum Gasteiger partial charge on any atom is 0.174 e. The molecule has 1 unspecified atom stereocenters. The number of nitrogens with zero attached hydrogens (tertiary/aromatic N) is 4. The quantitative estimate of drug-likeness (QED) is 0.779. The Morgan fingerprint density at radius 1 is 1.12 bits per heavy atom. The lowest BCUT2D eigenvalue weighted by molar-refractivity contribution is 0.766. The third-order valence-electron chi connectivity index (χ3n) is 4.03. The van der Waals surface area contributed by atoms with E-state index in [9.17, 15) is 0 Å². The summed E-state index contributed by atoms with van der Waals surface area (Å²) in [5.41, 5.74) is 4.68. The average Bonchev–Trinajstić information content (AvgIpc) is 2.88. The Morgan fingerprint density at radius 2 is 1.92 bits per heavy atom. The van der Waals surface area contributed by atoms with Crippen molar-refractivity contribution in [3.8, 4) is 5.82 Å². The summed E-state index contributed by atoms with van der Waals surface area (Å²) in [7, 11) is 0. The number of aryl methyl sites for hydroxylation is 3. The van der Waals surface area contributed by atoms with Crippen molar-refractivity contribution < 1.29 is 0 Å². The van der Waals surface area contributed by atoms with Crippen molar-refractivity contribution in [3.63, 3.8) is 0 Å². The predicted molar refractivity (Wildman–Crippen MR) is 96.6 cm³/mol. The maximum absolute atomic E-state index is 4.65. The Bertz CT molecular complexity index is 837. The van der Waals surface area contributed by atoms with Gasteiger partial charge in [0.25, 0.3) is 0 Å². The first-order valence-corrected chi connectivity index (χ1v) is 8.19. The molecule has 2 aromatic heterocycles. The largest absolute Gasteiger partial charge is 0.366 e. The van der Waals surface area contributed by atoms with Crippen LogP contribution in [0.3, 0.4) is 0 Å². The smallest absolute Gasteiger partial charge is 0.174 e. The number of benzene rings is 1. The van der Waals surface area contributed by atoms with Crippen LogP contribution in [0.5, 0.6) is 0 Å². The Kier molecular flexibility index (Phi) is 4.60. The summed E-state index contributed by atoms with van der Waals surface area (Å²) < 4.78 is 1.82. The SMILES string of the molecule is Cc1cc(C)n(-c2cncc(NC(C)Cc3ccccc3C)n2)n1. The second-order valence-corrected chi connectivity index (χ2v) is 6.28. The van der Waals surface area contributed by atoms with Crippen molar-refractivity contribution in [2.45, 2.75) is 40.2 Å². The van der Waals surface area contributed by atoms with Crippen molar-refractivity contribution in [2.24, 2.45) is 0 Å². The zero-order valence-electron chi connectivity index (χ0n) is 14.6. The van der Waals surface area contributed by atoms with E-state index in [4.69, 9.17) is 0 Å². The molecule has 5 heteroatoms. The molecule has 0 aliphatic heterocycles. The van der Waals surface area contributed by atoms with E-state index in [0.29, 0.717) is 0 Å². The van der Waals surface area contributed by atoms with E-state index < -0.39 is 0 Å². The minimum Gasteiger partial charge on any atom is -0.366 e. The molecule has 0 saturated carbocycles. The lowest BCUT2D eigenvalue weighted by atomic mass is 10.0. The van der Waals surface area contributed by atoms with Crippen LogP contribution < -0.4 is 5.32 Å². The number of hydrogen-bond donors (Lipinski definition) is 1. The minimum atomic E-state index is 0.260. The van der Waals surface area contributed by atoms with E-state index >= 15 is 0 Å². The van der Waals surface area contributed by atoms with Gasteiger partial charge in [0, 0.05) is 11.7 Å². The van der Waals surface area contributed by atoms with E-state index in [0.717, 1.165) is 29.4 Å². The number of hydrogen-bond acceptors (Lipinski definition) is 4. The summed E-state index contributed by atoms with van der Waals surface area (Å²) in [5, 5.41) is 7.91. The first-order chi connectivity index (χ1) is 11.5. The minimum absolute atomic E-state index is 0.260. The topological polar surface area (TPSA) is 55.6 Å². The fourth-order valence-corrected chi connectivity index (χ4v) is 2.86. The standard InChI is InChI=1S/C19H23N5/c1-13-7-5-6-8-17(13)10-14(2)21-18-11-20-12-19(22-18)24-16(4)9-15(3)23-24/h5-9,11-12,14H,10H2,1-4H3,(H,21,22). The van der Waals surface area contributed by atoms with Gasteiger partial charge in [-0.2, -0.15) is 5.10 Å². The summed E-state index contributed by atoms with van der Waals surface area (Å²) in [5.74, 6) is 1.50. The third-order valence-corrected chi connectivity index (χ3v) is 4.03. The predicted octanol–water partition coefficient (Wildman–Crippen LogP) is 3.63. The summed E-state index contributed by atoms with van der Waals surface area (Å²) in [4.78, 5) is 8.95. The second kappa shape index (κ2) is 6.83. The summed E-state index contributed by atoms with van der Waals surface area (Å²) in [6, 6.07) is 10.8. The molecule has 0 radical (unpaired) electrons. The molecule has 3 rings (SSSR count). The molecule has 0 saturated heterocycles. The molecule has 5 nitrogen and oxygen atoms in total. The maximum atomic E-state index is 4.65. The van der Waals surface area contributed by atoms with Crippen LogP contribution in [0.15, 0.2) is 42.7 Å². The lowest BCUT2D eigenvalue weighted by Gasteiger charge is -2.16. The zero-order valence-corrected chi connectivity index (χ0v) is 14.6. The monoisotopic (exact) mass is 321 g/mol. The highest BCUT2D eigenvalue weighted by molar-refractivity contribution is 5.38. The molecule has 3 aromatic rings. The van der Waals surface area contributed by atoms with Crippen molar-refractivity contribution in [2.75, 3.05) is 5.32 Å². The molecule has 0 aliphatic carbocycles. The van der Waals surface area contributed by atoms with Crippen LogP contribution in [0.25, 0.3) is 5.82 Å². The third kappa shape index (κ3) is 3.62. The van der Waals surface area contributed by atoms with Gasteiger partial charge in [0.05, 0.1) is 18.1 Å². The van der Waals surface area contributed by atoms with E-state index in [1.807, 2.05) is 24.6 Å². The van der Waals surface area contributed by atoms with Crippen LogP contribution in [-0.2, 0) is 6.42 Å². The highest BCUT2D eigenvalue weighted by Gasteiger charge is 2.09. The highest BCUT2D eigenvalue weighted by Crippen LogP contribution is 2.14. The first kappa shape index (κ1) is 16.2. The van der Waals surface area contributed by atoms with Crippen LogP contribution in [0.1, 0.15) is 29.4 Å². The molecule has 24 heavy (non-hydrogen) atoms. The normalized spacial score (nSPS) is 12.2. The van der Waals surface area contributed by atoms with Gasteiger partial charge < -0.3 is 5.32 Å².